The number of hydrogen-bond donors (Lipinski definition) is 0. The van der Waals surface area contributed by atoms with Gasteiger partial charge in [-0.3, -0.25) is 4.79 Å². The van der Waals surface area contributed by atoms with Gasteiger partial charge in [0, 0.05) is 25.2 Å². The second-order valence-electron chi connectivity index (χ2n) is 7.89. The van der Waals surface area contributed by atoms with Crippen LogP contribution in [0.5, 0.6) is 16.7 Å². The van der Waals surface area contributed by atoms with Crippen LogP contribution in [0.25, 0.3) is 27.4 Å². The molecule has 4 aromatic heterocycles. The predicted octanol–water partition coefficient (Wildman–Crippen LogP) is 3.91. The van der Waals surface area contributed by atoms with E-state index in [1.54, 1.807) is 37.1 Å². The highest BCUT2D eigenvalue weighted by Gasteiger charge is 2.21. The maximum Gasteiger partial charge on any atom is 0.294 e. The number of rotatable bonds is 8. The minimum atomic E-state index is 0.127. The lowest BCUT2D eigenvalue weighted by molar-refractivity contribution is 0.112. The van der Waals surface area contributed by atoms with E-state index in [0.29, 0.717) is 62.5 Å². The van der Waals surface area contributed by atoms with E-state index in [0.717, 1.165) is 29.9 Å². The second-order valence-corrected chi connectivity index (χ2v) is 9.81. The van der Waals surface area contributed by atoms with Crippen molar-refractivity contribution >= 4 is 50.0 Å². The Labute approximate surface area is 212 Å². The van der Waals surface area contributed by atoms with Gasteiger partial charge in [-0.1, -0.05) is 11.3 Å². The summed E-state index contributed by atoms with van der Waals surface area (Å²) in [6, 6.07) is 5.45. The summed E-state index contributed by atoms with van der Waals surface area (Å²) in [5.41, 5.74) is 1.81. The van der Waals surface area contributed by atoms with Gasteiger partial charge in [-0.25, -0.2) is 14.5 Å². The average Bonchev–Trinajstić information content (AvgIpc) is 3.68. The van der Waals surface area contributed by atoms with E-state index >= 15 is 0 Å². The normalized spacial score (nSPS) is 14.0. The number of aldehydes is 1. The van der Waals surface area contributed by atoms with Gasteiger partial charge in [0.1, 0.15) is 35.1 Å². The number of benzene rings is 1. The Morgan fingerprint density at radius 3 is 2.72 bits per heavy atom. The number of ether oxygens (including phenoxy) is 4. The van der Waals surface area contributed by atoms with Crippen molar-refractivity contribution in [2.24, 2.45) is 0 Å². The summed E-state index contributed by atoms with van der Waals surface area (Å²) >= 11 is 2.70. The molecular weight excluding hydrogens is 506 g/mol. The van der Waals surface area contributed by atoms with Crippen LogP contribution in [-0.4, -0.2) is 66.4 Å². The van der Waals surface area contributed by atoms with Crippen molar-refractivity contribution < 1.29 is 28.2 Å². The molecule has 0 N–H and O–H groups in total. The third kappa shape index (κ3) is 4.14. The molecule has 36 heavy (non-hydrogen) atoms. The number of anilines is 1. The lowest BCUT2D eigenvalue weighted by Gasteiger charge is -2.26. The molecule has 1 aromatic carbocycles. The monoisotopic (exact) mass is 527 g/mol. The SMILES string of the molecule is COc1cc(OCc2nc(N3CCOCC3)sc2C=O)c2cc(-c3cn4nc(OC)sc4n3)oc2c1. The van der Waals surface area contributed by atoms with Crippen LogP contribution in [0, 0.1) is 0 Å². The van der Waals surface area contributed by atoms with Gasteiger partial charge in [0.25, 0.3) is 5.19 Å². The lowest BCUT2D eigenvalue weighted by Crippen LogP contribution is -2.36. The van der Waals surface area contributed by atoms with Gasteiger partial charge >= 0.3 is 0 Å². The third-order valence-electron chi connectivity index (χ3n) is 5.73. The van der Waals surface area contributed by atoms with Crippen molar-refractivity contribution in [2.75, 3.05) is 45.4 Å². The van der Waals surface area contributed by atoms with E-state index in [2.05, 4.69) is 20.0 Å². The quantitative estimate of drug-likeness (QED) is 0.275. The van der Waals surface area contributed by atoms with Gasteiger partial charge < -0.3 is 28.3 Å². The fraction of sp³-hybridized carbons (Fsp3) is 0.304. The zero-order valence-electron chi connectivity index (χ0n) is 19.4. The van der Waals surface area contributed by atoms with Crippen LogP contribution < -0.4 is 19.1 Å². The maximum atomic E-state index is 11.7. The van der Waals surface area contributed by atoms with Crippen molar-refractivity contribution in [2.45, 2.75) is 6.61 Å². The van der Waals surface area contributed by atoms with Crippen LogP contribution in [-0.2, 0) is 11.3 Å². The molecule has 0 aliphatic carbocycles. The molecule has 186 valence electrons. The van der Waals surface area contributed by atoms with Gasteiger partial charge in [0.15, 0.2) is 17.2 Å². The van der Waals surface area contributed by atoms with E-state index < -0.39 is 0 Å². The van der Waals surface area contributed by atoms with Crippen molar-refractivity contribution in [3.8, 4) is 28.1 Å². The summed E-state index contributed by atoms with van der Waals surface area (Å²) in [7, 11) is 3.15. The number of imidazole rings is 1. The van der Waals surface area contributed by atoms with Crippen molar-refractivity contribution in [1.82, 2.24) is 19.6 Å². The smallest absolute Gasteiger partial charge is 0.294 e. The molecule has 5 aromatic rings. The molecule has 6 rings (SSSR count). The van der Waals surface area contributed by atoms with E-state index in [-0.39, 0.29) is 6.61 Å². The van der Waals surface area contributed by atoms with Crippen LogP contribution in [0.2, 0.25) is 0 Å². The Morgan fingerprint density at radius 2 is 1.97 bits per heavy atom. The number of nitrogens with zero attached hydrogens (tertiary/aromatic N) is 5. The Kier molecular flexibility index (Phi) is 5.95. The Bertz CT molecular complexity index is 1520. The highest BCUT2D eigenvalue weighted by Crippen LogP contribution is 2.38. The Morgan fingerprint density at radius 1 is 1.11 bits per heavy atom. The number of methoxy groups -OCH3 is 2. The molecule has 1 aliphatic rings. The summed E-state index contributed by atoms with van der Waals surface area (Å²) < 4.78 is 29.9. The molecule has 11 nitrogen and oxygen atoms in total. The van der Waals surface area contributed by atoms with Gasteiger partial charge in [-0.05, 0) is 17.4 Å². The molecule has 0 atom stereocenters. The summed E-state index contributed by atoms with van der Waals surface area (Å²) in [4.78, 5) is 24.3. The molecule has 0 saturated carbocycles. The van der Waals surface area contributed by atoms with Crippen molar-refractivity contribution in [3.63, 3.8) is 0 Å². The number of hydrogen-bond acceptors (Lipinski definition) is 12. The first-order chi connectivity index (χ1) is 17.6. The van der Waals surface area contributed by atoms with Crippen LogP contribution in [0.15, 0.2) is 28.8 Å². The fourth-order valence-electron chi connectivity index (χ4n) is 3.91. The number of fused-ring (bicyclic) bond motifs is 2. The minimum absolute atomic E-state index is 0.127. The van der Waals surface area contributed by atoms with Crippen LogP contribution in [0.1, 0.15) is 15.4 Å². The van der Waals surface area contributed by atoms with Gasteiger partial charge in [-0.15, -0.1) is 5.10 Å². The number of furan rings is 1. The first-order valence-electron chi connectivity index (χ1n) is 11.1. The number of thiazole rings is 1. The van der Waals surface area contributed by atoms with Crippen LogP contribution in [0.4, 0.5) is 5.13 Å². The first kappa shape index (κ1) is 22.8. The van der Waals surface area contributed by atoms with E-state index in [1.165, 1.54) is 22.7 Å². The van der Waals surface area contributed by atoms with Crippen LogP contribution >= 0.6 is 22.7 Å². The highest BCUT2D eigenvalue weighted by molar-refractivity contribution is 7.18. The first-order valence-corrected chi connectivity index (χ1v) is 12.7. The maximum absolute atomic E-state index is 11.7. The second kappa shape index (κ2) is 9.41. The lowest BCUT2D eigenvalue weighted by atomic mass is 10.2. The zero-order chi connectivity index (χ0) is 24.6. The highest BCUT2D eigenvalue weighted by atomic mass is 32.1. The Balaban J connectivity index is 1.30. The molecule has 0 amide bonds. The molecule has 5 heterocycles. The molecule has 0 unspecified atom stereocenters. The molecular formula is C23H21N5O6S2. The third-order valence-corrected chi connectivity index (χ3v) is 7.70. The minimum Gasteiger partial charge on any atom is -0.496 e. The number of aromatic nitrogens is 4. The zero-order valence-corrected chi connectivity index (χ0v) is 21.1. The predicted molar refractivity (Wildman–Crippen MR) is 134 cm³/mol. The van der Waals surface area contributed by atoms with Gasteiger partial charge in [0.2, 0.25) is 4.96 Å². The molecule has 1 saturated heterocycles. The van der Waals surface area contributed by atoms with Crippen molar-refractivity contribution in [3.05, 3.63) is 35.0 Å². The molecule has 0 radical (unpaired) electrons. The molecule has 0 bridgehead atoms. The summed E-state index contributed by atoms with van der Waals surface area (Å²) in [5.74, 6) is 1.70. The molecule has 0 spiro atoms. The largest absolute Gasteiger partial charge is 0.496 e. The summed E-state index contributed by atoms with van der Waals surface area (Å²) in [6.07, 6.45) is 2.60. The number of carbonyl (C=O) groups excluding carboxylic acids is 1. The van der Waals surface area contributed by atoms with E-state index in [9.17, 15) is 4.79 Å². The van der Waals surface area contributed by atoms with E-state index in [4.69, 9.17) is 23.4 Å². The van der Waals surface area contributed by atoms with Gasteiger partial charge in [0.05, 0.1) is 43.9 Å². The van der Waals surface area contributed by atoms with E-state index in [1.807, 2.05) is 6.07 Å². The topological polar surface area (TPSA) is 113 Å². The molecule has 1 fully saturated rings. The number of morpholine rings is 1. The van der Waals surface area contributed by atoms with Gasteiger partial charge in [-0.2, -0.15) is 0 Å². The molecule has 13 heteroatoms. The fourth-order valence-corrected chi connectivity index (χ4v) is 5.55. The molecule has 1 aliphatic heterocycles. The number of carbonyl (C=O) groups is 1. The summed E-state index contributed by atoms with van der Waals surface area (Å²) in [5, 5.41) is 6.39. The van der Waals surface area contributed by atoms with Crippen LogP contribution in [0.3, 0.4) is 0 Å². The summed E-state index contributed by atoms with van der Waals surface area (Å²) in [6.45, 7) is 2.90. The Hall–Kier alpha value is -3.68. The standard InChI is InChI=1S/C23H21N5O6S2/c1-30-13-7-17(33-12-16-20(11-29)35-21(25-16)27-3-5-32-6-4-27)14-9-19(34-18(14)8-13)15-10-28-22(24-15)36-23(26-28)31-2/h7-11H,3-6,12H2,1-2H3. The average molecular weight is 528 g/mol. The van der Waals surface area contributed by atoms with Crippen molar-refractivity contribution in [1.29, 1.82) is 0 Å².